The summed E-state index contributed by atoms with van der Waals surface area (Å²) in [5, 5.41) is 7.27. The summed E-state index contributed by atoms with van der Waals surface area (Å²) in [6.07, 6.45) is 5.71. The van der Waals surface area contributed by atoms with Gasteiger partial charge in [-0.1, -0.05) is 11.6 Å². The molecule has 0 aliphatic carbocycles. The summed E-state index contributed by atoms with van der Waals surface area (Å²) in [5.74, 6) is 1.34. The van der Waals surface area contributed by atoms with Crippen LogP contribution in [0.15, 0.2) is 37.1 Å². The predicted octanol–water partition coefficient (Wildman–Crippen LogP) is 3.26. The van der Waals surface area contributed by atoms with Crippen LogP contribution in [0, 0.1) is 5.82 Å². The fourth-order valence-corrected chi connectivity index (χ4v) is 2.69. The summed E-state index contributed by atoms with van der Waals surface area (Å²) in [6, 6.07) is 3.09. The molecule has 11 heteroatoms. The molecular weight excluding hydrogens is 385 g/mol. The molecule has 0 amide bonds. The third-order valence-electron chi connectivity index (χ3n) is 3.85. The molecule has 0 aliphatic heterocycles. The molecule has 0 aliphatic rings. The van der Waals surface area contributed by atoms with Crippen molar-refractivity contribution in [3.05, 3.63) is 53.8 Å². The van der Waals surface area contributed by atoms with Crippen LogP contribution in [0.4, 0.5) is 22.0 Å². The maximum atomic E-state index is 13.0. The van der Waals surface area contributed by atoms with Gasteiger partial charge in [-0.15, -0.1) is 0 Å². The zero-order valence-corrected chi connectivity index (χ0v) is 15.7. The van der Waals surface area contributed by atoms with Crippen LogP contribution >= 0.6 is 11.6 Å². The van der Waals surface area contributed by atoms with Gasteiger partial charge in [0, 0.05) is 13.2 Å². The zero-order valence-electron chi connectivity index (χ0n) is 14.9. The lowest BCUT2D eigenvalue weighted by Crippen LogP contribution is -2.13. The number of fused-ring (bicyclic) bond motifs is 1. The molecule has 2 N–H and O–H groups in total. The summed E-state index contributed by atoms with van der Waals surface area (Å²) < 4.78 is 14.9. The molecule has 0 aromatic carbocycles. The van der Waals surface area contributed by atoms with Gasteiger partial charge in [0.25, 0.3) is 0 Å². The monoisotopic (exact) mass is 399 g/mol. The first-order chi connectivity index (χ1) is 13.5. The average Bonchev–Trinajstić information content (AvgIpc) is 3.06. The minimum atomic E-state index is -0.501. The van der Waals surface area contributed by atoms with Crippen molar-refractivity contribution in [2.75, 3.05) is 10.6 Å². The van der Waals surface area contributed by atoms with E-state index in [1.54, 1.807) is 18.5 Å². The fourth-order valence-electron chi connectivity index (χ4n) is 2.55. The molecule has 9 nitrogen and oxygen atoms in total. The van der Waals surface area contributed by atoms with Crippen LogP contribution in [-0.2, 0) is 7.05 Å². The smallest absolute Gasteiger partial charge is 0.227 e. The van der Waals surface area contributed by atoms with Crippen molar-refractivity contribution in [1.82, 2.24) is 34.5 Å². The number of aryl methyl sites for hydroxylation is 1. The second-order valence-corrected chi connectivity index (χ2v) is 6.46. The van der Waals surface area contributed by atoms with Gasteiger partial charge in [-0.25, -0.2) is 24.3 Å². The Morgan fingerprint density at radius 2 is 1.89 bits per heavy atom. The van der Waals surface area contributed by atoms with E-state index in [0.29, 0.717) is 39.6 Å². The second kappa shape index (κ2) is 7.31. The summed E-state index contributed by atoms with van der Waals surface area (Å²) in [6.45, 7) is 1.82. The molecule has 142 valence electrons. The number of hydrogen-bond acceptors (Lipinski definition) is 8. The van der Waals surface area contributed by atoms with Gasteiger partial charge in [-0.2, -0.15) is 9.97 Å². The molecule has 0 saturated heterocycles. The van der Waals surface area contributed by atoms with Gasteiger partial charge in [0.15, 0.2) is 11.5 Å². The molecular formula is C17H15ClFN9. The Kier molecular flexibility index (Phi) is 4.70. The van der Waals surface area contributed by atoms with Crippen LogP contribution in [0.3, 0.4) is 0 Å². The van der Waals surface area contributed by atoms with E-state index in [4.69, 9.17) is 11.6 Å². The Hall–Kier alpha value is -3.40. The number of rotatable bonds is 5. The molecule has 0 spiro atoms. The van der Waals surface area contributed by atoms with E-state index < -0.39 is 5.82 Å². The lowest BCUT2D eigenvalue weighted by Gasteiger charge is -2.14. The number of anilines is 3. The molecule has 1 atom stereocenters. The Bertz CT molecular complexity index is 1130. The average molecular weight is 400 g/mol. The number of aromatic nitrogens is 7. The highest BCUT2D eigenvalue weighted by Crippen LogP contribution is 2.26. The largest absolute Gasteiger partial charge is 0.344 e. The molecule has 0 radical (unpaired) electrons. The van der Waals surface area contributed by atoms with Crippen molar-refractivity contribution in [3.8, 4) is 0 Å². The minimum absolute atomic E-state index is 0.293. The molecule has 4 aromatic rings. The molecule has 0 saturated carbocycles. The highest BCUT2D eigenvalue weighted by atomic mass is 35.5. The number of nitrogens with zero attached hydrogens (tertiary/aromatic N) is 7. The Morgan fingerprint density at radius 1 is 1.11 bits per heavy atom. The lowest BCUT2D eigenvalue weighted by molar-refractivity contribution is 0.604. The molecule has 28 heavy (non-hydrogen) atoms. The van der Waals surface area contributed by atoms with E-state index in [1.165, 1.54) is 0 Å². The standard InChI is InChI=1S/C17H15ClFN9/c1-9(14-20-5-10(19)6-21-14)23-17-26-15-11(3-4-12(18)24-15)16(27-17)25-13-7-28(2)8-22-13/h3-9H,1-2H3,(H2,23,24,25,26,27)/t9-/m0/s1. The zero-order chi connectivity index (χ0) is 19.7. The number of nitrogens with one attached hydrogen (secondary N) is 2. The number of pyridine rings is 1. The van der Waals surface area contributed by atoms with Crippen LogP contribution in [0.25, 0.3) is 11.0 Å². The van der Waals surface area contributed by atoms with Gasteiger partial charge in [0.1, 0.15) is 22.6 Å². The van der Waals surface area contributed by atoms with Crippen molar-refractivity contribution in [1.29, 1.82) is 0 Å². The van der Waals surface area contributed by atoms with Gasteiger partial charge in [-0.05, 0) is 19.1 Å². The second-order valence-electron chi connectivity index (χ2n) is 6.08. The van der Waals surface area contributed by atoms with Gasteiger partial charge < -0.3 is 15.2 Å². The SMILES string of the molecule is C[C@H](Nc1nc(Nc2cn(C)cn2)c2ccc(Cl)nc2n1)c1ncc(F)cn1. The van der Waals surface area contributed by atoms with Crippen molar-refractivity contribution in [2.24, 2.45) is 7.05 Å². The first kappa shape index (κ1) is 18.0. The maximum absolute atomic E-state index is 13.0. The highest BCUT2D eigenvalue weighted by Gasteiger charge is 2.15. The van der Waals surface area contributed by atoms with E-state index in [-0.39, 0.29) is 6.04 Å². The van der Waals surface area contributed by atoms with Crippen LogP contribution < -0.4 is 10.6 Å². The van der Waals surface area contributed by atoms with E-state index in [1.807, 2.05) is 24.7 Å². The van der Waals surface area contributed by atoms with E-state index in [2.05, 4.69) is 40.5 Å². The maximum Gasteiger partial charge on any atom is 0.227 e. The normalized spacial score (nSPS) is 12.1. The molecule has 4 aromatic heterocycles. The predicted molar refractivity (Wildman–Crippen MR) is 103 cm³/mol. The highest BCUT2D eigenvalue weighted by molar-refractivity contribution is 6.29. The van der Waals surface area contributed by atoms with Crippen molar-refractivity contribution in [3.63, 3.8) is 0 Å². The van der Waals surface area contributed by atoms with Crippen molar-refractivity contribution >= 4 is 40.2 Å². The van der Waals surface area contributed by atoms with Crippen molar-refractivity contribution < 1.29 is 4.39 Å². The quantitative estimate of drug-likeness (QED) is 0.492. The number of hydrogen-bond donors (Lipinski definition) is 2. The molecule has 0 fully saturated rings. The Morgan fingerprint density at radius 3 is 2.61 bits per heavy atom. The molecule has 4 rings (SSSR count). The number of halogens is 2. The summed E-state index contributed by atoms with van der Waals surface area (Å²) in [5.41, 5.74) is 0.413. The van der Waals surface area contributed by atoms with Crippen LogP contribution in [-0.4, -0.2) is 34.5 Å². The van der Waals surface area contributed by atoms with Crippen LogP contribution in [0.2, 0.25) is 5.15 Å². The van der Waals surface area contributed by atoms with Gasteiger partial charge in [0.2, 0.25) is 5.95 Å². The van der Waals surface area contributed by atoms with Gasteiger partial charge in [0.05, 0.1) is 30.1 Å². The molecule has 0 unspecified atom stereocenters. The summed E-state index contributed by atoms with van der Waals surface area (Å²) >= 11 is 6.02. The van der Waals surface area contributed by atoms with E-state index in [9.17, 15) is 4.39 Å². The van der Waals surface area contributed by atoms with Crippen LogP contribution in [0.5, 0.6) is 0 Å². The van der Waals surface area contributed by atoms with E-state index in [0.717, 1.165) is 12.4 Å². The van der Waals surface area contributed by atoms with Crippen LogP contribution in [0.1, 0.15) is 18.8 Å². The first-order valence-electron chi connectivity index (χ1n) is 8.31. The fraction of sp³-hybridized carbons (Fsp3) is 0.176. The van der Waals surface area contributed by atoms with Crippen molar-refractivity contribution in [2.45, 2.75) is 13.0 Å². The third kappa shape index (κ3) is 3.81. The Balaban J connectivity index is 1.70. The Labute approximate surface area is 164 Å². The van der Waals surface area contributed by atoms with Gasteiger partial charge in [-0.3, -0.25) is 0 Å². The summed E-state index contributed by atoms with van der Waals surface area (Å²) in [4.78, 5) is 25.4. The lowest BCUT2D eigenvalue weighted by atomic mass is 10.3. The number of imidazole rings is 1. The van der Waals surface area contributed by atoms with Gasteiger partial charge >= 0.3 is 0 Å². The summed E-state index contributed by atoms with van der Waals surface area (Å²) in [7, 11) is 1.87. The minimum Gasteiger partial charge on any atom is -0.344 e. The molecule has 4 heterocycles. The third-order valence-corrected chi connectivity index (χ3v) is 4.06. The first-order valence-corrected chi connectivity index (χ1v) is 8.69. The van der Waals surface area contributed by atoms with E-state index >= 15 is 0 Å². The molecule has 0 bridgehead atoms. The topological polar surface area (TPSA) is 106 Å².